The maximum Gasteiger partial charge on any atom is 0.0274 e. The summed E-state index contributed by atoms with van der Waals surface area (Å²) in [4.78, 5) is 0. The molecule has 0 bridgehead atoms. The Morgan fingerprint density at radius 2 is 1.45 bits per heavy atom. The van der Waals surface area contributed by atoms with Crippen LogP contribution in [0, 0.1) is 37.5 Å². The molecule has 0 atom stereocenters. The minimum Gasteiger partial charge on any atom is -0.101 e. The van der Waals surface area contributed by atoms with Gasteiger partial charge in [-0.15, -0.1) is 11.8 Å². The van der Waals surface area contributed by atoms with Crippen LogP contribution in [-0.2, 0) is 0 Å². The van der Waals surface area contributed by atoms with Crippen molar-refractivity contribution < 1.29 is 0 Å². The summed E-state index contributed by atoms with van der Waals surface area (Å²) in [5, 5.41) is 0. The number of hydrogen-bond acceptors (Lipinski definition) is 0. The molecule has 0 radical (unpaired) electrons. The van der Waals surface area contributed by atoms with E-state index in [4.69, 9.17) is 0 Å². The van der Waals surface area contributed by atoms with Crippen LogP contribution in [0.25, 0.3) is 0 Å². The molecule has 100 valence electrons. The van der Waals surface area contributed by atoms with Gasteiger partial charge in [0.25, 0.3) is 0 Å². The van der Waals surface area contributed by atoms with Gasteiger partial charge in [-0.1, -0.05) is 42.2 Å². The second-order valence-electron chi connectivity index (χ2n) is 4.43. The lowest BCUT2D eigenvalue weighted by molar-refractivity contribution is 1.44. The van der Waals surface area contributed by atoms with E-state index in [0.29, 0.717) is 0 Å². The van der Waals surface area contributed by atoms with Crippen LogP contribution in [0.5, 0.6) is 0 Å². The standard InChI is InChI=1S/2C10H10/c1-3-6-10-8-5-4-7-9(10)2;1-3-5-10-7-4-6-9(2)8-10/h4-5,7-8H,1-2H3;4,6-8H,1-2H3. The zero-order valence-corrected chi connectivity index (χ0v) is 12.6. The van der Waals surface area contributed by atoms with E-state index >= 15 is 0 Å². The molecule has 0 aromatic heterocycles. The van der Waals surface area contributed by atoms with Gasteiger partial charge in [0.1, 0.15) is 0 Å². The van der Waals surface area contributed by atoms with E-state index in [1.807, 2.05) is 44.2 Å². The highest BCUT2D eigenvalue weighted by Gasteiger charge is 1.88. The molecule has 0 unspecified atom stereocenters. The van der Waals surface area contributed by atoms with Crippen molar-refractivity contribution >= 4 is 0 Å². The minimum atomic E-state index is 1.10. The molecule has 20 heavy (non-hydrogen) atoms. The van der Waals surface area contributed by atoms with Gasteiger partial charge in [-0.2, -0.15) is 0 Å². The molecule has 0 saturated carbocycles. The molecule has 2 aromatic rings. The summed E-state index contributed by atoms with van der Waals surface area (Å²) < 4.78 is 0. The third-order valence-electron chi connectivity index (χ3n) is 2.69. The quantitative estimate of drug-likeness (QED) is 0.601. The maximum absolute atomic E-state index is 3.03. The van der Waals surface area contributed by atoms with Crippen molar-refractivity contribution in [3.63, 3.8) is 0 Å². The van der Waals surface area contributed by atoms with Crippen molar-refractivity contribution in [3.8, 4) is 23.7 Å². The molecule has 2 aromatic carbocycles. The molecule has 0 aliphatic rings. The normalized spacial score (nSPS) is 8.20. The Kier molecular flexibility index (Phi) is 6.74. The van der Waals surface area contributed by atoms with Crippen LogP contribution < -0.4 is 0 Å². The summed E-state index contributed by atoms with van der Waals surface area (Å²) in [6.45, 7) is 7.84. The summed E-state index contributed by atoms with van der Waals surface area (Å²) in [7, 11) is 0. The molecule has 0 nitrogen and oxygen atoms in total. The van der Waals surface area contributed by atoms with Gasteiger partial charge in [-0.25, -0.2) is 0 Å². The highest BCUT2D eigenvalue weighted by Crippen LogP contribution is 2.03. The smallest absolute Gasteiger partial charge is 0.0274 e. The fourth-order valence-electron chi connectivity index (χ4n) is 1.71. The van der Waals surface area contributed by atoms with Gasteiger partial charge < -0.3 is 0 Å². The summed E-state index contributed by atoms with van der Waals surface area (Å²) in [5.74, 6) is 11.8. The first-order chi connectivity index (χ1) is 9.67. The van der Waals surface area contributed by atoms with Gasteiger partial charge >= 0.3 is 0 Å². The van der Waals surface area contributed by atoms with Gasteiger partial charge in [0.15, 0.2) is 0 Å². The molecule has 0 fully saturated rings. The van der Waals surface area contributed by atoms with Crippen molar-refractivity contribution in [2.75, 3.05) is 0 Å². The molecular weight excluding hydrogens is 240 g/mol. The Labute approximate surface area is 122 Å². The largest absolute Gasteiger partial charge is 0.101 e. The van der Waals surface area contributed by atoms with E-state index in [2.05, 4.69) is 55.7 Å². The van der Waals surface area contributed by atoms with Crippen molar-refractivity contribution in [3.05, 3.63) is 70.8 Å². The van der Waals surface area contributed by atoms with Crippen LogP contribution in [0.2, 0.25) is 0 Å². The predicted molar refractivity (Wildman–Crippen MR) is 87.5 cm³/mol. The molecule has 2 rings (SSSR count). The number of benzene rings is 2. The van der Waals surface area contributed by atoms with Gasteiger partial charge in [0, 0.05) is 11.1 Å². The lowest BCUT2D eigenvalue weighted by atomic mass is 10.1. The van der Waals surface area contributed by atoms with E-state index in [1.54, 1.807) is 0 Å². The third kappa shape index (κ3) is 5.47. The Hall–Kier alpha value is -2.44. The first kappa shape index (κ1) is 15.6. The highest BCUT2D eigenvalue weighted by atomic mass is 13.9. The number of rotatable bonds is 0. The van der Waals surface area contributed by atoms with Crippen LogP contribution in [-0.4, -0.2) is 0 Å². The maximum atomic E-state index is 3.03. The van der Waals surface area contributed by atoms with E-state index in [9.17, 15) is 0 Å². The van der Waals surface area contributed by atoms with E-state index in [-0.39, 0.29) is 0 Å². The summed E-state index contributed by atoms with van der Waals surface area (Å²) in [5.41, 5.74) is 4.74. The third-order valence-corrected chi connectivity index (χ3v) is 2.69. The molecular formula is C20H20. The van der Waals surface area contributed by atoms with Crippen LogP contribution in [0.1, 0.15) is 36.1 Å². The van der Waals surface area contributed by atoms with Crippen LogP contribution >= 0.6 is 0 Å². The Morgan fingerprint density at radius 1 is 0.750 bits per heavy atom. The van der Waals surface area contributed by atoms with E-state index in [1.165, 1.54) is 11.1 Å². The van der Waals surface area contributed by atoms with Crippen LogP contribution in [0.4, 0.5) is 0 Å². The SMILES string of the molecule is CC#Cc1cccc(C)c1.CC#Cc1ccccc1C. The Bertz CT molecular complexity index is 670. The second-order valence-corrected chi connectivity index (χ2v) is 4.43. The van der Waals surface area contributed by atoms with Crippen LogP contribution in [0.15, 0.2) is 48.5 Å². The van der Waals surface area contributed by atoms with Gasteiger partial charge in [-0.05, 0) is 57.0 Å². The number of aryl methyl sites for hydroxylation is 2. The van der Waals surface area contributed by atoms with Crippen LogP contribution in [0.3, 0.4) is 0 Å². The molecule has 0 heteroatoms. The van der Waals surface area contributed by atoms with E-state index < -0.39 is 0 Å². The van der Waals surface area contributed by atoms with Crippen molar-refractivity contribution in [1.29, 1.82) is 0 Å². The molecule has 0 spiro atoms. The summed E-state index contributed by atoms with van der Waals surface area (Å²) in [6.07, 6.45) is 0. The molecule has 0 aliphatic heterocycles. The predicted octanol–water partition coefficient (Wildman–Crippen LogP) is 4.73. The molecule has 0 amide bonds. The molecule has 0 aliphatic carbocycles. The number of hydrogen-bond donors (Lipinski definition) is 0. The topological polar surface area (TPSA) is 0 Å². The van der Waals surface area contributed by atoms with Gasteiger partial charge in [0.05, 0.1) is 0 Å². The second kappa shape index (κ2) is 8.63. The zero-order chi connectivity index (χ0) is 14.8. The van der Waals surface area contributed by atoms with Crippen molar-refractivity contribution in [1.82, 2.24) is 0 Å². The minimum absolute atomic E-state index is 1.10. The molecule has 0 N–H and O–H groups in total. The summed E-state index contributed by atoms with van der Waals surface area (Å²) >= 11 is 0. The van der Waals surface area contributed by atoms with Gasteiger partial charge in [0.2, 0.25) is 0 Å². The lowest BCUT2D eigenvalue weighted by Gasteiger charge is -1.93. The fraction of sp³-hybridized carbons (Fsp3) is 0.200. The van der Waals surface area contributed by atoms with Crippen molar-refractivity contribution in [2.45, 2.75) is 27.7 Å². The highest BCUT2D eigenvalue weighted by molar-refractivity contribution is 5.40. The molecule has 0 heterocycles. The summed E-state index contributed by atoms with van der Waals surface area (Å²) in [6, 6.07) is 16.3. The van der Waals surface area contributed by atoms with E-state index in [0.717, 1.165) is 11.1 Å². The zero-order valence-electron chi connectivity index (χ0n) is 12.6. The van der Waals surface area contributed by atoms with Gasteiger partial charge in [-0.3, -0.25) is 0 Å². The lowest BCUT2D eigenvalue weighted by Crippen LogP contribution is -1.78. The Morgan fingerprint density at radius 3 is 2.05 bits per heavy atom. The monoisotopic (exact) mass is 260 g/mol. The first-order valence-corrected chi connectivity index (χ1v) is 6.65. The first-order valence-electron chi connectivity index (χ1n) is 6.65. The van der Waals surface area contributed by atoms with Crippen molar-refractivity contribution in [2.24, 2.45) is 0 Å². The average molecular weight is 260 g/mol. The Balaban J connectivity index is 0.000000200. The molecule has 0 saturated heterocycles. The average Bonchev–Trinajstić information content (AvgIpc) is 2.43. The fourth-order valence-corrected chi connectivity index (χ4v) is 1.71.